The van der Waals surface area contributed by atoms with E-state index in [1.165, 1.54) is 19.3 Å². The summed E-state index contributed by atoms with van der Waals surface area (Å²) >= 11 is 0. The number of carbonyl (C=O) groups excluding carboxylic acids is 2. The number of ketones is 2. The Hall–Kier alpha value is -0.660. The number of rotatable bonds is 0. The van der Waals surface area contributed by atoms with Gasteiger partial charge in [0.2, 0.25) is 0 Å². The minimum absolute atomic E-state index is 0.116. The summed E-state index contributed by atoms with van der Waals surface area (Å²) in [6.45, 7) is 9.21. The molecule has 4 rings (SSSR count). The summed E-state index contributed by atoms with van der Waals surface area (Å²) in [5.74, 6) is 2.01. The molecule has 0 aromatic rings. The molecule has 22 heavy (non-hydrogen) atoms. The Morgan fingerprint density at radius 3 is 2.45 bits per heavy atom. The van der Waals surface area contributed by atoms with Crippen LogP contribution in [0.15, 0.2) is 0 Å². The van der Waals surface area contributed by atoms with E-state index in [1.807, 2.05) is 0 Å². The standard InChI is InChI=1S/C20H30O2/c1-12-13-6-7-14-19(4)9-5-8-18(2,3)15(19)10-16(21)20(14,11-13)17(12)22/h12-15H,5-11H2,1-4H3/t12-,13-,14+,15-,19+,20-/m1/s1. The first-order valence-electron chi connectivity index (χ1n) is 9.31. The normalized spacial score (nSPS) is 53.1. The van der Waals surface area contributed by atoms with Crippen LogP contribution in [0.5, 0.6) is 0 Å². The zero-order valence-electron chi connectivity index (χ0n) is 14.6. The Balaban J connectivity index is 1.84. The molecule has 4 aliphatic rings. The molecular weight excluding hydrogens is 272 g/mol. The van der Waals surface area contributed by atoms with Gasteiger partial charge in [0.15, 0.2) is 0 Å². The Bertz CT molecular complexity index is 548. The lowest BCUT2D eigenvalue weighted by molar-refractivity contribution is -0.174. The lowest BCUT2D eigenvalue weighted by atomic mass is 9.41. The van der Waals surface area contributed by atoms with Crippen LogP contribution >= 0.6 is 0 Å². The molecule has 2 nitrogen and oxygen atoms in total. The van der Waals surface area contributed by atoms with Crippen LogP contribution in [0.2, 0.25) is 0 Å². The summed E-state index contributed by atoms with van der Waals surface area (Å²) < 4.78 is 0. The third-order valence-corrected chi connectivity index (χ3v) is 8.52. The molecule has 0 amide bonds. The Kier molecular flexibility index (Phi) is 2.87. The predicted molar refractivity (Wildman–Crippen MR) is 86.3 cm³/mol. The van der Waals surface area contributed by atoms with E-state index < -0.39 is 5.41 Å². The van der Waals surface area contributed by atoms with Gasteiger partial charge in [0.25, 0.3) is 0 Å². The molecule has 1 spiro atoms. The van der Waals surface area contributed by atoms with Crippen LogP contribution in [-0.2, 0) is 9.59 Å². The quantitative estimate of drug-likeness (QED) is 0.621. The SMILES string of the molecule is C[C@H]1C(=O)[C@]23C[C@H]1CC[C@H]2[C@]1(C)CCCC(C)(C)[C@H]1CC3=O. The fourth-order valence-corrected chi connectivity index (χ4v) is 7.40. The predicted octanol–water partition coefficient (Wildman–Crippen LogP) is 4.41. The van der Waals surface area contributed by atoms with E-state index in [4.69, 9.17) is 0 Å². The number of fused-ring (bicyclic) bond motifs is 3. The van der Waals surface area contributed by atoms with Crippen LogP contribution in [0, 0.1) is 39.9 Å². The molecule has 4 fully saturated rings. The van der Waals surface area contributed by atoms with Crippen LogP contribution in [0.1, 0.15) is 72.6 Å². The highest BCUT2D eigenvalue weighted by atomic mass is 16.2. The van der Waals surface area contributed by atoms with Crippen LogP contribution in [-0.4, -0.2) is 11.6 Å². The van der Waals surface area contributed by atoms with Gasteiger partial charge in [0.05, 0.1) is 5.41 Å². The molecule has 4 aliphatic carbocycles. The zero-order valence-corrected chi connectivity index (χ0v) is 14.6. The van der Waals surface area contributed by atoms with Gasteiger partial charge in [0.1, 0.15) is 11.6 Å². The number of hydrogen-bond acceptors (Lipinski definition) is 2. The van der Waals surface area contributed by atoms with E-state index in [1.54, 1.807) is 0 Å². The fourth-order valence-electron chi connectivity index (χ4n) is 7.40. The van der Waals surface area contributed by atoms with Gasteiger partial charge in [0, 0.05) is 12.3 Å². The largest absolute Gasteiger partial charge is 0.299 e. The molecule has 2 heteroatoms. The lowest BCUT2D eigenvalue weighted by Crippen LogP contribution is -2.61. The van der Waals surface area contributed by atoms with Gasteiger partial charge >= 0.3 is 0 Å². The summed E-state index contributed by atoms with van der Waals surface area (Å²) in [5, 5.41) is 0. The molecule has 0 saturated heterocycles. The molecule has 0 aliphatic heterocycles. The minimum atomic E-state index is -0.582. The summed E-state index contributed by atoms with van der Waals surface area (Å²) in [6, 6.07) is 0. The maximum Gasteiger partial charge on any atom is 0.149 e. The van der Waals surface area contributed by atoms with Crippen molar-refractivity contribution in [2.24, 2.45) is 39.9 Å². The van der Waals surface area contributed by atoms with Crippen molar-refractivity contribution in [1.29, 1.82) is 0 Å². The molecule has 6 atom stereocenters. The first kappa shape index (κ1) is 14.9. The summed E-state index contributed by atoms with van der Waals surface area (Å²) in [5.41, 5.74) is -0.143. The van der Waals surface area contributed by atoms with Crippen molar-refractivity contribution in [1.82, 2.24) is 0 Å². The van der Waals surface area contributed by atoms with Crippen molar-refractivity contribution in [3.8, 4) is 0 Å². The highest BCUT2D eigenvalue weighted by Gasteiger charge is 2.70. The molecule has 4 saturated carbocycles. The van der Waals surface area contributed by atoms with E-state index in [0.29, 0.717) is 35.7 Å². The second kappa shape index (κ2) is 4.24. The van der Waals surface area contributed by atoms with Crippen LogP contribution in [0.4, 0.5) is 0 Å². The van der Waals surface area contributed by atoms with Crippen molar-refractivity contribution in [2.75, 3.05) is 0 Å². The zero-order chi connectivity index (χ0) is 15.9. The number of hydrogen-bond donors (Lipinski definition) is 0. The van der Waals surface area contributed by atoms with Gasteiger partial charge in [-0.25, -0.2) is 0 Å². The maximum atomic E-state index is 13.2. The third-order valence-electron chi connectivity index (χ3n) is 8.52. The van der Waals surface area contributed by atoms with Crippen molar-refractivity contribution in [2.45, 2.75) is 72.6 Å². The highest BCUT2D eigenvalue weighted by Crippen LogP contribution is 2.69. The van der Waals surface area contributed by atoms with E-state index >= 15 is 0 Å². The minimum Gasteiger partial charge on any atom is -0.299 e. The average Bonchev–Trinajstić information content (AvgIpc) is 2.64. The third kappa shape index (κ3) is 1.52. The number of carbonyl (C=O) groups is 2. The van der Waals surface area contributed by atoms with Gasteiger partial charge in [-0.05, 0) is 60.7 Å². The van der Waals surface area contributed by atoms with Gasteiger partial charge < -0.3 is 0 Å². The Labute approximate surface area is 134 Å². The number of Topliss-reactive ketones (excluding diaryl/α,β-unsaturated/α-hetero) is 2. The Morgan fingerprint density at radius 1 is 1.00 bits per heavy atom. The molecular formula is C20H30O2. The molecule has 0 radical (unpaired) electrons. The van der Waals surface area contributed by atoms with E-state index in [0.717, 1.165) is 19.3 Å². The van der Waals surface area contributed by atoms with Crippen molar-refractivity contribution in [3.05, 3.63) is 0 Å². The molecule has 0 unspecified atom stereocenters. The first-order chi connectivity index (χ1) is 10.2. The highest BCUT2D eigenvalue weighted by molar-refractivity contribution is 6.10. The fraction of sp³-hybridized carbons (Fsp3) is 0.900. The first-order valence-corrected chi connectivity index (χ1v) is 9.31. The summed E-state index contributed by atoms with van der Waals surface area (Å²) in [4.78, 5) is 26.3. The van der Waals surface area contributed by atoms with Gasteiger partial charge in [-0.3, -0.25) is 9.59 Å². The van der Waals surface area contributed by atoms with E-state index in [2.05, 4.69) is 27.7 Å². The topological polar surface area (TPSA) is 34.1 Å². The van der Waals surface area contributed by atoms with Gasteiger partial charge in [-0.15, -0.1) is 0 Å². The van der Waals surface area contributed by atoms with Gasteiger partial charge in [-0.1, -0.05) is 34.1 Å². The molecule has 0 heterocycles. The Morgan fingerprint density at radius 2 is 1.73 bits per heavy atom. The van der Waals surface area contributed by atoms with E-state index in [-0.39, 0.29) is 16.7 Å². The second-order valence-corrected chi connectivity index (χ2v) is 9.75. The van der Waals surface area contributed by atoms with Crippen LogP contribution in [0.3, 0.4) is 0 Å². The summed E-state index contributed by atoms with van der Waals surface area (Å²) in [7, 11) is 0. The molecule has 2 bridgehead atoms. The smallest absolute Gasteiger partial charge is 0.149 e. The van der Waals surface area contributed by atoms with Crippen LogP contribution in [0.25, 0.3) is 0 Å². The van der Waals surface area contributed by atoms with Crippen molar-refractivity contribution >= 4 is 11.6 Å². The molecule has 122 valence electrons. The second-order valence-electron chi connectivity index (χ2n) is 9.75. The maximum absolute atomic E-state index is 13.2. The lowest BCUT2D eigenvalue weighted by Gasteiger charge is -2.62. The summed E-state index contributed by atoms with van der Waals surface area (Å²) in [6.07, 6.45) is 7.50. The average molecular weight is 302 g/mol. The molecule has 0 aromatic heterocycles. The van der Waals surface area contributed by atoms with Crippen molar-refractivity contribution in [3.63, 3.8) is 0 Å². The molecule has 0 N–H and O–H groups in total. The van der Waals surface area contributed by atoms with Gasteiger partial charge in [-0.2, -0.15) is 0 Å². The van der Waals surface area contributed by atoms with E-state index in [9.17, 15) is 9.59 Å². The monoisotopic (exact) mass is 302 g/mol. The van der Waals surface area contributed by atoms with Crippen molar-refractivity contribution < 1.29 is 9.59 Å². The molecule has 0 aromatic carbocycles. The van der Waals surface area contributed by atoms with Crippen LogP contribution < -0.4 is 0 Å².